The van der Waals surface area contributed by atoms with Crippen LogP contribution in [0.3, 0.4) is 0 Å². The predicted molar refractivity (Wildman–Crippen MR) is 104 cm³/mol. The van der Waals surface area contributed by atoms with E-state index < -0.39 is 26.5 Å². The number of nitro groups is 1. The van der Waals surface area contributed by atoms with Gasteiger partial charge in [-0.15, -0.1) is 0 Å². The number of methoxy groups -OCH3 is 1. The van der Waals surface area contributed by atoms with Crippen LogP contribution in [-0.4, -0.2) is 39.2 Å². The minimum Gasteiger partial charge on any atom is -0.493 e. The highest BCUT2D eigenvalue weighted by molar-refractivity contribution is 7.89. The lowest BCUT2D eigenvalue weighted by Crippen LogP contribution is -2.20. The van der Waals surface area contributed by atoms with Crippen molar-refractivity contribution in [2.45, 2.75) is 4.90 Å². The number of rotatable bonds is 9. The van der Waals surface area contributed by atoms with Crippen LogP contribution >= 0.6 is 11.6 Å². The summed E-state index contributed by atoms with van der Waals surface area (Å²) >= 11 is 5.67. The lowest BCUT2D eigenvalue weighted by atomic mass is 10.2. The zero-order valence-electron chi connectivity index (χ0n) is 14.9. The Kier molecular flexibility index (Phi) is 6.96. The normalized spacial score (nSPS) is 11.2. The molecule has 0 saturated heterocycles. The average molecular weight is 443 g/mol. The number of sulfonamides is 1. The number of nitrogens with two attached hydrogens (primary N) is 1. The number of nitrogens with zero attached hydrogens (tertiary/aromatic N) is 2. The van der Waals surface area contributed by atoms with Crippen LogP contribution in [0, 0.1) is 10.1 Å². The molecule has 0 atom stereocenters. The molecule has 0 spiro atoms. The van der Waals surface area contributed by atoms with Crippen LogP contribution in [0.15, 0.2) is 46.4 Å². The Bertz CT molecular complexity index is 1070. The van der Waals surface area contributed by atoms with Crippen molar-refractivity contribution in [2.75, 3.05) is 13.7 Å². The van der Waals surface area contributed by atoms with E-state index in [1.807, 2.05) is 4.83 Å². The lowest BCUT2D eigenvalue weighted by molar-refractivity contribution is -0.384. The van der Waals surface area contributed by atoms with E-state index in [4.69, 9.17) is 26.8 Å². The summed E-state index contributed by atoms with van der Waals surface area (Å²) in [4.78, 5) is 22.5. The molecule has 2 rings (SSSR count). The van der Waals surface area contributed by atoms with Gasteiger partial charge >= 0.3 is 0 Å². The monoisotopic (exact) mass is 442 g/mol. The largest absolute Gasteiger partial charge is 0.493 e. The minimum absolute atomic E-state index is 0.195. The Morgan fingerprint density at radius 2 is 2.03 bits per heavy atom. The van der Waals surface area contributed by atoms with Crippen molar-refractivity contribution in [3.05, 3.63) is 57.1 Å². The molecular formula is C16H15ClN4O7S. The fourth-order valence-electron chi connectivity index (χ4n) is 2.06. The van der Waals surface area contributed by atoms with Crippen molar-refractivity contribution < 1.29 is 27.6 Å². The van der Waals surface area contributed by atoms with Gasteiger partial charge in [0.2, 0.25) is 0 Å². The molecule has 0 aliphatic heterocycles. The average Bonchev–Trinajstić information content (AvgIpc) is 2.66. The van der Waals surface area contributed by atoms with Gasteiger partial charge in [-0.2, -0.15) is 13.5 Å². The zero-order chi connectivity index (χ0) is 21.6. The highest BCUT2D eigenvalue weighted by Gasteiger charge is 2.20. The Morgan fingerprint density at radius 3 is 2.66 bits per heavy atom. The molecule has 2 aromatic rings. The Morgan fingerprint density at radius 1 is 1.31 bits per heavy atom. The molecule has 0 fully saturated rings. The molecule has 0 radical (unpaired) electrons. The summed E-state index contributed by atoms with van der Waals surface area (Å²) in [5.41, 5.74) is 4.89. The molecule has 0 saturated carbocycles. The van der Waals surface area contributed by atoms with Gasteiger partial charge in [-0.3, -0.25) is 14.9 Å². The summed E-state index contributed by atoms with van der Waals surface area (Å²) in [6.07, 6.45) is 1.17. The van der Waals surface area contributed by atoms with Crippen molar-refractivity contribution >= 4 is 39.4 Å². The van der Waals surface area contributed by atoms with Crippen LogP contribution in [0.4, 0.5) is 5.69 Å². The van der Waals surface area contributed by atoms with Crippen LogP contribution in [0.5, 0.6) is 11.5 Å². The van der Waals surface area contributed by atoms with Gasteiger partial charge in [0.05, 0.1) is 23.1 Å². The quantitative estimate of drug-likeness (QED) is 0.337. The van der Waals surface area contributed by atoms with Gasteiger partial charge in [0, 0.05) is 6.07 Å². The standard InChI is InChI=1S/C16H15ClN4O7S/c1-27-14-5-2-10(6-15(14)28-9-16(18)22)8-19-20-29(25,26)11-3-4-12(17)13(7-11)21(23)24/h2-8,20H,9H2,1H3,(H2,18,22)/b19-8+. The smallest absolute Gasteiger partial charge is 0.289 e. The van der Waals surface area contributed by atoms with Gasteiger partial charge in [-0.25, -0.2) is 4.83 Å². The molecule has 13 heteroatoms. The second-order valence-corrected chi connectivity index (χ2v) is 7.46. The van der Waals surface area contributed by atoms with E-state index >= 15 is 0 Å². The summed E-state index contributed by atoms with van der Waals surface area (Å²) in [7, 11) is -2.77. The second kappa shape index (κ2) is 9.21. The number of hydrazone groups is 1. The molecule has 29 heavy (non-hydrogen) atoms. The van der Waals surface area contributed by atoms with E-state index in [0.717, 1.165) is 18.2 Å². The highest BCUT2D eigenvalue weighted by atomic mass is 35.5. The maximum absolute atomic E-state index is 12.3. The van der Waals surface area contributed by atoms with E-state index in [0.29, 0.717) is 11.3 Å². The number of carbonyl (C=O) groups is 1. The van der Waals surface area contributed by atoms with Gasteiger partial charge in [0.15, 0.2) is 18.1 Å². The van der Waals surface area contributed by atoms with Gasteiger partial charge in [0.1, 0.15) is 5.02 Å². The van der Waals surface area contributed by atoms with E-state index in [-0.39, 0.29) is 22.3 Å². The lowest BCUT2D eigenvalue weighted by Gasteiger charge is -2.10. The van der Waals surface area contributed by atoms with E-state index in [1.54, 1.807) is 6.07 Å². The third-order valence-corrected chi connectivity index (χ3v) is 4.91. The maximum atomic E-state index is 12.3. The second-order valence-electron chi connectivity index (χ2n) is 5.39. The minimum atomic E-state index is -4.18. The van der Waals surface area contributed by atoms with E-state index in [2.05, 4.69) is 5.10 Å². The van der Waals surface area contributed by atoms with Gasteiger partial charge in [0.25, 0.3) is 21.6 Å². The Hall–Kier alpha value is -3.38. The van der Waals surface area contributed by atoms with Gasteiger partial charge in [-0.05, 0) is 35.9 Å². The number of carbonyl (C=O) groups excluding carboxylic acids is 1. The maximum Gasteiger partial charge on any atom is 0.289 e. The molecular weight excluding hydrogens is 428 g/mol. The molecule has 0 unspecified atom stereocenters. The number of nitrogens with one attached hydrogen (secondary N) is 1. The fourth-order valence-corrected chi connectivity index (χ4v) is 3.06. The number of ether oxygens (including phenoxy) is 2. The number of halogens is 1. The molecule has 2 aromatic carbocycles. The first-order chi connectivity index (χ1) is 13.6. The van der Waals surface area contributed by atoms with Crippen LogP contribution in [-0.2, 0) is 14.8 Å². The third-order valence-electron chi connectivity index (χ3n) is 3.37. The summed E-state index contributed by atoms with van der Waals surface area (Å²) < 4.78 is 34.8. The number of primary amides is 1. The predicted octanol–water partition coefficient (Wildman–Crippen LogP) is 1.43. The highest BCUT2D eigenvalue weighted by Crippen LogP contribution is 2.28. The molecule has 0 aliphatic rings. The Labute approximate surface area is 170 Å². The summed E-state index contributed by atoms with van der Waals surface area (Å²) in [5, 5.41) is 14.3. The topological polar surface area (TPSA) is 163 Å². The number of nitro benzene ring substituents is 1. The van der Waals surface area contributed by atoms with Crippen molar-refractivity contribution in [1.82, 2.24) is 4.83 Å². The Balaban J connectivity index is 2.20. The number of benzene rings is 2. The number of hydrogen-bond acceptors (Lipinski definition) is 8. The van der Waals surface area contributed by atoms with Gasteiger partial charge < -0.3 is 15.2 Å². The summed E-state index contributed by atoms with van der Waals surface area (Å²) in [5.74, 6) is -0.153. The van der Waals surface area contributed by atoms with Crippen molar-refractivity contribution in [2.24, 2.45) is 10.8 Å². The molecule has 1 amide bonds. The fraction of sp³-hybridized carbons (Fsp3) is 0.125. The number of amides is 1. The summed E-state index contributed by atoms with van der Waals surface area (Å²) in [6, 6.07) is 7.56. The van der Waals surface area contributed by atoms with Crippen LogP contribution < -0.4 is 20.0 Å². The van der Waals surface area contributed by atoms with Crippen molar-refractivity contribution in [3.63, 3.8) is 0 Å². The first-order valence-corrected chi connectivity index (χ1v) is 9.58. The number of hydrogen-bond donors (Lipinski definition) is 2. The molecule has 0 bridgehead atoms. The third kappa shape index (κ3) is 5.80. The molecule has 0 aromatic heterocycles. The SMILES string of the molecule is COc1ccc(/C=N/NS(=O)(=O)c2ccc(Cl)c([N+](=O)[O-])c2)cc1OCC(N)=O. The van der Waals surface area contributed by atoms with Crippen molar-refractivity contribution in [1.29, 1.82) is 0 Å². The molecule has 11 nitrogen and oxygen atoms in total. The summed E-state index contributed by atoms with van der Waals surface area (Å²) in [6.45, 7) is -0.376. The first-order valence-electron chi connectivity index (χ1n) is 7.72. The van der Waals surface area contributed by atoms with E-state index in [9.17, 15) is 23.3 Å². The molecule has 0 aliphatic carbocycles. The van der Waals surface area contributed by atoms with E-state index in [1.165, 1.54) is 25.5 Å². The molecule has 154 valence electrons. The zero-order valence-corrected chi connectivity index (χ0v) is 16.4. The van der Waals surface area contributed by atoms with Crippen LogP contribution in [0.1, 0.15) is 5.56 Å². The van der Waals surface area contributed by atoms with Crippen molar-refractivity contribution in [3.8, 4) is 11.5 Å². The van der Waals surface area contributed by atoms with Crippen LogP contribution in [0.2, 0.25) is 5.02 Å². The van der Waals surface area contributed by atoms with Gasteiger partial charge in [-0.1, -0.05) is 11.6 Å². The first kappa shape index (κ1) is 21.9. The molecule has 3 N–H and O–H groups in total. The van der Waals surface area contributed by atoms with Crippen LogP contribution in [0.25, 0.3) is 0 Å². The molecule has 0 heterocycles.